The molecule has 136 valence electrons. The van der Waals surface area contributed by atoms with Gasteiger partial charge in [-0.05, 0) is 31.2 Å². The number of carbonyl (C=O) groups excluding carboxylic acids is 1. The van der Waals surface area contributed by atoms with Gasteiger partial charge in [0.05, 0.1) is 17.0 Å². The van der Waals surface area contributed by atoms with Crippen molar-refractivity contribution in [2.45, 2.75) is 18.2 Å². The quantitative estimate of drug-likeness (QED) is 0.643. The molecule has 26 heavy (non-hydrogen) atoms. The number of amides is 1. The van der Waals surface area contributed by atoms with Gasteiger partial charge in [-0.3, -0.25) is 4.79 Å². The third-order valence-electron chi connectivity index (χ3n) is 3.20. The van der Waals surface area contributed by atoms with Gasteiger partial charge in [-0.2, -0.15) is 0 Å². The predicted molar refractivity (Wildman–Crippen MR) is 102 cm³/mol. The van der Waals surface area contributed by atoms with Gasteiger partial charge in [-0.25, -0.2) is 13.4 Å². The lowest BCUT2D eigenvalue weighted by atomic mass is 10.3. The van der Waals surface area contributed by atoms with Crippen LogP contribution in [0.4, 0.5) is 16.0 Å². The van der Waals surface area contributed by atoms with Crippen LogP contribution in [-0.2, 0) is 21.1 Å². The number of hydrogen-bond acceptors (Lipinski definition) is 9. The van der Waals surface area contributed by atoms with Crippen LogP contribution in [-0.4, -0.2) is 35.8 Å². The fourth-order valence-corrected chi connectivity index (χ4v) is 4.00. The SMILES string of the molecule is Cc1nnc(NC(=O)Cc2csc(Nc3ccc(S(C)(=O)=O)cc3)n2)s1. The Bertz CT molecular complexity index is 1020. The van der Waals surface area contributed by atoms with Gasteiger partial charge in [0.15, 0.2) is 15.0 Å². The van der Waals surface area contributed by atoms with Crippen LogP contribution in [0.2, 0.25) is 0 Å². The van der Waals surface area contributed by atoms with Gasteiger partial charge in [0.25, 0.3) is 0 Å². The molecule has 0 atom stereocenters. The van der Waals surface area contributed by atoms with Crippen LogP contribution in [0, 0.1) is 6.92 Å². The Morgan fingerprint density at radius 3 is 2.50 bits per heavy atom. The third kappa shape index (κ3) is 4.84. The number of aromatic nitrogens is 3. The molecular formula is C15H15N5O3S3. The molecule has 0 aliphatic carbocycles. The highest BCUT2D eigenvalue weighted by Crippen LogP contribution is 2.23. The van der Waals surface area contributed by atoms with E-state index in [1.165, 1.54) is 34.8 Å². The Labute approximate surface area is 158 Å². The summed E-state index contributed by atoms with van der Waals surface area (Å²) in [6.07, 6.45) is 1.29. The molecule has 2 N–H and O–H groups in total. The molecular weight excluding hydrogens is 394 g/mol. The van der Waals surface area contributed by atoms with Gasteiger partial charge < -0.3 is 10.6 Å². The van der Waals surface area contributed by atoms with Crippen molar-refractivity contribution in [3.63, 3.8) is 0 Å². The van der Waals surface area contributed by atoms with Crippen LogP contribution in [0.1, 0.15) is 10.7 Å². The lowest BCUT2D eigenvalue weighted by molar-refractivity contribution is -0.115. The Kier molecular flexibility index (Phi) is 5.30. The molecule has 0 saturated heterocycles. The second-order valence-corrected chi connectivity index (χ2v) is 9.47. The molecule has 0 bridgehead atoms. The van der Waals surface area contributed by atoms with E-state index in [1.54, 1.807) is 17.5 Å². The lowest BCUT2D eigenvalue weighted by Crippen LogP contribution is -2.14. The zero-order chi connectivity index (χ0) is 18.7. The molecule has 0 radical (unpaired) electrons. The van der Waals surface area contributed by atoms with Crippen molar-refractivity contribution in [2.24, 2.45) is 0 Å². The third-order valence-corrected chi connectivity index (χ3v) is 5.89. The Balaban J connectivity index is 1.60. The van der Waals surface area contributed by atoms with Crippen molar-refractivity contribution in [2.75, 3.05) is 16.9 Å². The minimum Gasteiger partial charge on any atom is -0.332 e. The van der Waals surface area contributed by atoms with Gasteiger partial charge in [-0.1, -0.05) is 11.3 Å². The maximum Gasteiger partial charge on any atom is 0.232 e. The minimum atomic E-state index is -3.22. The molecule has 11 heteroatoms. The van der Waals surface area contributed by atoms with Gasteiger partial charge in [0, 0.05) is 17.3 Å². The Morgan fingerprint density at radius 1 is 1.15 bits per heavy atom. The number of hydrogen-bond donors (Lipinski definition) is 2. The number of nitrogens with one attached hydrogen (secondary N) is 2. The number of nitrogens with zero attached hydrogens (tertiary/aromatic N) is 3. The lowest BCUT2D eigenvalue weighted by Gasteiger charge is -2.03. The second kappa shape index (κ2) is 7.48. The van der Waals surface area contributed by atoms with Crippen LogP contribution >= 0.6 is 22.7 Å². The summed E-state index contributed by atoms with van der Waals surface area (Å²) in [6, 6.07) is 6.40. The fraction of sp³-hybridized carbons (Fsp3) is 0.200. The summed E-state index contributed by atoms with van der Waals surface area (Å²) in [5, 5.41) is 17.1. The number of anilines is 3. The van der Waals surface area contributed by atoms with E-state index in [1.807, 2.05) is 6.92 Å². The zero-order valence-corrected chi connectivity index (χ0v) is 16.3. The van der Waals surface area contributed by atoms with Crippen molar-refractivity contribution < 1.29 is 13.2 Å². The van der Waals surface area contributed by atoms with Gasteiger partial charge in [0.1, 0.15) is 5.01 Å². The van der Waals surface area contributed by atoms with E-state index in [0.29, 0.717) is 21.6 Å². The molecule has 2 heterocycles. The number of thiazole rings is 1. The summed E-state index contributed by atoms with van der Waals surface area (Å²) in [7, 11) is -3.22. The molecule has 0 fully saturated rings. The summed E-state index contributed by atoms with van der Waals surface area (Å²) in [5.41, 5.74) is 1.34. The number of aryl methyl sites for hydroxylation is 1. The Morgan fingerprint density at radius 2 is 1.88 bits per heavy atom. The molecule has 8 nitrogen and oxygen atoms in total. The van der Waals surface area contributed by atoms with E-state index in [4.69, 9.17) is 0 Å². The minimum absolute atomic E-state index is 0.129. The molecule has 0 spiro atoms. The smallest absolute Gasteiger partial charge is 0.232 e. The van der Waals surface area contributed by atoms with Crippen LogP contribution in [0.15, 0.2) is 34.5 Å². The van der Waals surface area contributed by atoms with Gasteiger partial charge in [-0.15, -0.1) is 21.5 Å². The highest BCUT2D eigenvalue weighted by Gasteiger charge is 2.11. The molecule has 2 aromatic heterocycles. The summed E-state index contributed by atoms with van der Waals surface area (Å²) >= 11 is 2.67. The van der Waals surface area contributed by atoms with Gasteiger partial charge in [0.2, 0.25) is 11.0 Å². The predicted octanol–water partition coefficient (Wildman–Crippen LogP) is 2.63. The molecule has 3 aromatic rings. The number of benzene rings is 1. The van der Waals surface area contributed by atoms with E-state index in [0.717, 1.165) is 11.3 Å². The second-order valence-electron chi connectivity index (χ2n) is 5.42. The fourth-order valence-electron chi connectivity index (χ4n) is 2.03. The van der Waals surface area contributed by atoms with Crippen molar-refractivity contribution in [1.29, 1.82) is 0 Å². The van der Waals surface area contributed by atoms with Crippen LogP contribution in [0.5, 0.6) is 0 Å². The highest BCUT2D eigenvalue weighted by atomic mass is 32.2. The first kappa shape index (κ1) is 18.4. The molecule has 1 aromatic carbocycles. The topological polar surface area (TPSA) is 114 Å². The maximum absolute atomic E-state index is 12.0. The van der Waals surface area contributed by atoms with Crippen molar-refractivity contribution >= 4 is 54.4 Å². The number of sulfone groups is 1. The number of carbonyl (C=O) groups is 1. The first-order valence-corrected chi connectivity index (χ1v) is 11.0. The monoisotopic (exact) mass is 409 g/mol. The van der Waals surface area contributed by atoms with E-state index in [2.05, 4.69) is 25.8 Å². The van der Waals surface area contributed by atoms with Crippen molar-refractivity contribution in [3.8, 4) is 0 Å². The van der Waals surface area contributed by atoms with E-state index >= 15 is 0 Å². The molecule has 0 unspecified atom stereocenters. The summed E-state index contributed by atoms with van der Waals surface area (Å²) in [4.78, 5) is 16.6. The molecule has 0 aliphatic rings. The summed E-state index contributed by atoms with van der Waals surface area (Å²) in [6.45, 7) is 1.81. The zero-order valence-electron chi connectivity index (χ0n) is 13.9. The average Bonchev–Trinajstić information content (AvgIpc) is 3.16. The normalized spacial score (nSPS) is 11.3. The standard InChI is InChI=1S/C15H15N5O3S3/c1-9-19-20-15(25-9)18-13(21)7-11-8-24-14(17-11)16-10-3-5-12(6-4-10)26(2,22)23/h3-6,8H,7H2,1-2H3,(H,16,17)(H,18,20,21). The summed E-state index contributed by atoms with van der Waals surface area (Å²) in [5.74, 6) is -0.212. The molecule has 3 rings (SSSR count). The molecule has 0 saturated carbocycles. The average molecular weight is 410 g/mol. The van der Waals surface area contributed by atoms with Crippen molar-refractivity contribution in [1.82, 2.24) is 15.2 Å². The maximum atomic E-state index is 12.0. The van der Waals surface area contributed by atoms with Crippen LogP contribution in [0.25, 0.3) is 0 Å². The van der Waals surface area contributed by atoms with Crippen LogP contribution in [0.3, 0.4) is 0 Å². The van der Waals surface area contributed by atoms with Gasteiger partial charge >= 0.3 is 0 Å². The summed E-state index contributed by atoms with van der Waals surface area (Å²) < 4.78 is 22.9. The van der Waals surface area contributed by atoms with E-state index in [9.17, 15) is 13.2 Å². The largest absolute Gasteiger partial charge is 0.332 e. The van der Waals surface area contributed by atoms with Crippen LogP contribution < -0.4 is 10.6 Å². The highest BCUT2D eigenvalue weighted by molar-refractivity contribution is 7.90. The van der Waals surface area contributed by atoms with E-state index < -0.39 is 9.84 Å². The molecule has 1 amide bonds. The first-order valence-electron chi connectivity index (χ1n) is 7.41. The Hall–Kier alpha value is -2.37. The number of rotatable bonds is 6. The van der Waals surface area contributed by atoms with E-state index in [-0.39, 0.29) is 17.2 Å². The molecule has 0 aliphatic heterocycles. The first-order chi connectivity index (χ1) is 12.3. The van der Waals surface area contributed by atoms with Crippen molar-refractivity contribution in [3.05, 3.63) is 40.3 Å².